The van der Waals surface area contributed by atoms with Crippen LogP contribution in [0, 0.1) is 16.7 Å². The summed E-state index contributed by atoms with van der Waals surface area (Å²) in [4.78, 5) is 0. The van der Waals surface area contributed by atoms with Crippen molar-refractivity contribution >= 4 is 0 Å². The van der Waals surface area contributed by atoms with E-state index in [2.05, 4.69) is 6.92 Å². The Morgan fingerprint density at radius 2 is 2.00 bits per heavy atom. The van der Waals surface area contributed by atoms with Gasteiger partial charge in [-0.05, 0) is 61.7 Å². The van der Waals surface area contributed by atoms with Gasteiger partial charge in [0.15, 0.2) is 0 Å². The van der Waals surface area contributed by atoms with E-state index in [9.17, 15) is 0 Å². The lowest BCUT2D eigenvalue weighted by molar-refractivity contribution is 0.160. The molecule has 0 aromatic carbocycles. The summed E-state index contributed by atoms with van der Waals surface area (Å²) in [6, 6.07) is 0. The molecule has 0 aliphatic heterocycles. The summed E-state index contributed by atoms with van der Waals surface area (Å²) >= 11 is 0. The number of rotatable bonds is 0. The van der Waals surface area contributed by atoms with Crippen LogP contribution in [0.15, 0.2) is 0 Å². The summed E-state index contributed by atoms with van der Waals surface area (Å²) in [5.74, 6) is 1.14. The first-order valence-electron chi connectivity index (χ1n) is 5.20. The molecule has 0 N–H and O–H groups in total. The van der Waals surface area contributed by atoms with Gasteiger partial charge in [0, 0.05) is 0 Å². The molecule has 0 radical (unpaired) electrons. The third-order valence-electron chi connectivity index (χ3n) is 4.65. The van der Waals surface area contributed by atoms with Gasteiger partial charge in [0.1, 0.15) is 0 Å². The molecule has 3 atom stereocenters. The van der Waals surface area contributed by atoms with E-state index in [1.807, 2.05) is 0 Å². The smallest absolute Gasteiger partial charge is 0.0289 e. The van der Waals surface area contributed by atoms with Crippen LogP contribution in [0.5, 0.6) is 0 Å². The molecule has 0 heteroatoms. The van der Waals surface area contributed by atoms with Crippen molar-refractivity contribution in [2.75, 3.05) is 0 Å². The minimum Gasteiger partial charge on any atom is -0.0596 e. The fourth-order valence-corrected chi connectivity index (χ4v) is 4.41. The molecule has 11 heavy (non-hydrogen) atoms. The van der Waals surface area contributed by atoms with Crippen LogP contribution in [0.1, 0.15) is 51.9 Å². The van der Waals surface area contributed by atoms with Gasteiger partial charge in [0.2, 0.25) is 0 Å². The Labute approximate surface area is 69.4 Å². The molecule has 0 nitrogen and oxygen atoms in total. The van der Waals surface area contributed by atoms with Gasteiger partial charge >= 0.3 is 0 Å². The zero-order chi connectivity index (χ0) is 7.53. The van der Waals surface area contributed by atoms with Crippen LogP contribution < -0.4 is 0 Å². The van der Waals surface area contributed by atoms with E-state index < -0.39 is 0 Å². The van der Waals surface area contributed by atoms with Crippen molar-refractivity contribution in [1.29, 1.82) is 0 Å². The third-order valence-corrected chi connectivity index (χ3v) is 4.65. The van der Waals surface area contributed by atoms with E-state index in [0.29, 0.717) is 0 Å². The lowest BCUT2D eigenvalue weighted by Crippen LogP contribution is -2.24. The first-order valence-corrected chi connectivity index (χ1v) is 5.20. The van der Waals surface area contributed by atoms with E-state index in [4.69, 9.17) is 0 Å². The molecule has 0 aromatic heterocycles. The molecule has 3 aliphatic carbocycles. The average Bonchev–Trinajstić information content (AvgIpc) is 2.36. The summed E-state index contributed by atoms with van der Waals surface area (Å²) in [5, 5.41) is 0. The molecule has 0 heterocycles. The molecule has 62 valence electrons. The summed E-state index contributed by atoms with van der Waals surface area (Å²) in [6.45, 7) is 2.53. The highest BCUT2D eigenvalue weighted by Crippen LogP contribution is 2.66. The second-order valence-corrected chi connectivity index (χ2v) is 5.80. The predicted octanol–water partition coefficient (Wildman–Crippen LogP) is 3.37. The van der Waals surface area contributed by atoms with E-state index in [1.54, 1.807) is 44.9 Å². The number of fused-ring (bicyclic) bond motifs is 2. The highest BCUT2D eigenvalue weighted by molar-refractivity contribution is 5.05. The van der Waals surface area contributed by atoms with E-state index >= 15 is 0 Å². The Morgan fingerprint density at radius 1 is 1.09 bits per heavy atom. The van der Waals surface area contributed by atoms with Crippen molar-refractivity contribution in [3.8, 4) is 0 Å². The van der Waals surface area contributed by atoms with Crippen LogP contribution in [0.4, 0.5) is 0 Å². The predicted molar refractivity (Wildman–Crippen MR) is 46.3 cm³/mol. The molecule has 3 bridgehead atoms. The third kappa shape index (κ3) is 0.761. The lowest BCUT2D eigenvalue weighted by Gasteiger charge is -2.35. The van der Waals surface area contributed by atoms with Crippen LogP contribution in [-0.4, -0.2) is 0 Å². The molecule has 0 aromatic rings. The van der Waals surface area contributed by atoms with Crippen molar-refractivity contribution in [3.63, 3.8) is 0 Å². The summed E-state index contributed by atoms with van der Waals surface area (Å²) in [6.07, 6.45) is 11.0. The molecule has 3 fully saturated rings. The van der Waals surface area contributed by atoms with Crippen LogP contribution in [0.25, 0.3) is 0 Å². The van der Waals surface area contributed by atoms with Gasteiger partial charge in [0.05, 0.1) is 0 Å². The highest BCUT2D eigenvalue weighted by Gasteiger charge is 2.54. The highest BCUT2D eigenvalue weighted by atomic mass is 14.6. The normalized spacial score (nSPS) is 60.3. The molecule has 3 rings (SSSR count). The van der Waals surface area contributed by atoms with Crippen molar-refractivity contribution < 1.29 is 0 Å². The molecule has 3 aliphatic rings. The first-order chi connectivity index (χ1) is 5.20. The Bertz CT molecular complexity index is 196. The SMILES string of the molecule is CC12CCC3(CCC(C1)C3)C2. The van der Waals surface area contributed by atoms with Crippen LogP contribution in [0.3, 0.4) is 0 Å². The zero-order valence-electron chi connectivity index (χ0n) is 7.53. The quantitative estimate of drug-likeness (QED) is 0.496. The van der Waals surface area contributed by atoms with Crippen molar-refractivity contribution in [3.05, 3.63) is 0 Å². The zero-order valence-corrected chi connectivity index (χ0v) is 7.53. The van der Waals surface area contributed by atoms with E-state index in [0.717, 1.165) is 16.7 Å². The second-order valence-electron chi connectivity index (χ2n) is 5.80. The maximum Gasteiger partial charge on any atom is -0.0289 e. The van der Waals surface area contributed by atoms with Gasteiger partial charge in [-0.1, -0.05) is 6.92 Å². The first kappa shape index (κ1) is 6.51. The fourth-order valence-electron chi connectivity index (χ4n) is 4.41. The molecule has 0 amide bonds. The molecular weight excluding hydrogens is 132 g/mol. The minimum absolute atomic E-state index is 0.791. The summed E-state index contributed by atoms with van der Waals surface area (Å²) in [7, 11) is 0. The molecule has 0 saturated heterocycles. The Balaban J connectivity index is 2.01. The lowest BCUT2D eigenvalue weighted by atomic mass is 9.70. The van der Waals surface area contributed by atoms with Crippen molar-refractivity contribution in [2.45, 2.75) is 51.9 Å². The van der Waals surface area contributed by atoms with Crippen LogP contribution in [0.2, 0.25) is 0 Å². The molecular formula is C11H18. The minimum atomic E-state index is 0.791. The average molecular weight is 150 g/mol. The summed E-state index contributed by atoms with van der Waals surface area (Å²) in [5.41, 5.74) is 1.66. The van der Waals surface area contributed by atoms with E-state index in [-0.39, 0.29) is 0 Å². The Hall–Kier alpha value is 0. The summed E-state index contributed by atoms with van der Waals surface area (Å²) < 4.78 is 0. The maximum absolute atomic E-state index is 2.53. The Kier molecular flexibility index (Phi) is 0.990. The topological polar surface area (TPSA) is 0 Å². The van der Waals surface area contributed by atoms with Crippen LogP contribution >= 0.6 is 0 Å². The van der Waals surface area contributed by atoms with Crippen molar-refractivity contribution in [1.82, 2.24) is 0 Å². The largest absolute Gasteiger partial charge is 0.0596 e. The Morgan fingerprint density at radius 3 is 2.91 bits per heavy atom. The van der Waals surface area contributed by atoms with Gasteiger partial charge < -0.3 is 0 Å². The van der Waals surface area contributed by atoms with Gasteiger partial charge in [-0.15, -0.1) is 0 Å². The maximum atomic E-state index is 2.53. The standard InChI is InChI=1S/C11H18/c1-10-4-5-11(8-10)3-2-9(6-10)7-11/h9H,2-8H2,1H3. The van der Waals surface area contributed by atoms with Crippen molar-refractivity contribution in [2.24, 2.45) is 16.7 Å². The molecule has 3 saturated carbocycles. The second kappa shape index (κ2) is 1.67. The fraction of sp³-hybridized carbons (Fsp3) is 1.00. The van der Waals surface area contributed by atoms with Gasteiger partial charge in [-0.2, -0.15) is 0 Å². The monoisotopic (exact) mass is 150 g/mol. The van der Waals surface area contributed by atoms with E-state index in [1.165, 1.54) is 0 Å². The van der Waals surface area contributed by atoms with Gasteiger partial charge in [-0.25, -0.2) is 0 Å². The van der Waals surface area contributed by atoms with Crippen LogP contribution in [-0.2, 0) is 0 Å². The number of hydrogen-bond donors (Lipinski definition) is 0. The van der Waals surface area contributed by atoms with Gasteiger partial charge in [0.25, 0.3) is 0 Å². The molecule has 1 spiro atoms. The van der Waals surface area contributed by atoms with Gasteiger partial charge in [-0.3, -0.25) is 0 Å². The number of hydrogen-bond acceptors (Lipinski definition) is 0. The molecule has 3 unspecified atom stereocenters.